The largest absolute Gasteiger partial charge is 0.390 e. The molecule has 2 nitrogen and oxygen atoms in total. The van der Waals surface area contributed by atoms with Gasteiger partial charge in [-0.05, 0) is 51.4 Å². The fourth-order valence-corrected chi connectivity index (χ4v) is 3.16. The third kappa shape index (κ3) is 1.01. The number of rotatable bonds is 0. The first kappa shape index (κ1) is 8.52. The van der Waals surface area contributed by atoms with E-state index in [-0.39, 0.29) is 0 Å². The van der Waals surface area contributed by atoms with Crippen LogP contribution in [0.25, 0.3) is 0 Å². The van der Waals surface area contributed by atoms with Crippen LogP contribution in [0, 0.1) is 11.8 Å². The van der Waals surface area contributed by atoms with E-state index in [1.165, 1.54) is 0 Å². The van der Waals surface area contributed by atoms with Crippen LogP contribution in [-0.2, 0) is 0 Å². The van der Waals surface area contributed by atoms with E-state index in [0.717, 1.165) is 25.7 Å². The Balaban J connectivity index is 2.23. The summed E-state index contributed by atoms with van der Waals surface area (Å²) in [5.41, 5.74) is -1.02. The molecule has 2 aliphatic carbocycles. The molecule has 2 heteroatoms. The zero-order valence-electron chi connectivity index (χ0n) is 7.88. The summed E-state index contributed by atoms with van der Waals surface area (Å²) in [4.78, 5) is 0. The second-order valence-electron chi connectivity index (χ2n) is 5.00. The number of aliphatic hydroxyl groups is 2. The van der Waals surface area contributed by atoms with E-state index in [1.54, 1.807) is 0 Å². The highest BCUT2D eigenvalue weighted by Gasteiger charge is 2.54. The number of hydrogen-bond donors (Lipinski definition) is 2. The van der Waals surface area contributed by atoms with Gasteiger partial charge in [0.2, 0.25) is 0 Å². The zero-order chi connectivity index (χ0) is 8.98. The van der Waals surface area contributed by atoms with Crippen molar-refractivity contribution in [3.8, 4) is 0 Å². The Morgan fingerprint density at radius 2 is 1.25 bits per heavy atom. The Kier molecular flexibility index (Phi) is 1.59. The maximum Gasteiger partial charge on any atom is 0.0651 e. The first-order valence-electron chi connectivity index (χ1n) is 4.88. The minimum absolute atomic E-state index is 0.340. The highest BCUT2D eigenvalue weighted by Crippen LogP contribution is 2.53. The molecule has 70 valence electrons. The predicted octanol–water partition coefficient (Wildman–Crippen LogP) is 1.31. The highest BCUT2D eigenvalue weighted by atomic mass is 16.3. The van der Waals surface area contributed by atoms with Crippen molar-refractivity contribution in [1.29, 1.82) is 0 Å². The minimum Gasteiger partial charge on any atom is -0.390 e. The summed E-state index contributed by atoms with van der Waals surface area (Å²) < 4.78 is 0. The monoisotopic (exact) mass is 170 g/mol. The van der Waals surface area contributed by atoms with Gasteiger partial charge in [0.25, 0.3) is 0 Å². The molecule has 0 spiro atoms. The standard InChI is InChI=1S/C10H18O2/c1-9(11)5-3-8-7(9)4-6-10(8,2)12/h7-8,11-12H,3-6H2,1-2H3/t7-,8-,9?,10?/m0/s1. The lowest BCUT2D eigenvalue weighted by Gasteiger charge is -2.27. The predicted molar refractivity (Wildman–Crippen MR) is 46.7 cm³/mol. The number of hydrogen-bond acceptors (Lipinski definition) is 2. The molecule has 12 heavy (non-hydrogen) atoms. The molecular formula is C10H18O2. The lowest BCUT2D eigenvalue weighted by atomic mass is 9.86. The van der Waals surface area contributed by atoms with Crippen LogP contribution in [0.3, 0.4) is 0 Å². The molecule has 0 bridgehead atoms. The molecule has 0 radical (unpaired) electrons. The van der Waals surface area contributed by atoms with Crippen LogP contribution in [0.5, 0.6) is 0 Å². The van der Waals surface area contributed by atoms with Gasteiger partial charge in [0, 0.05) is 0 Å². The molecule has 2 unspecified atom stereocenters. The van der Waals surface area contributed by atoms with Crippen molar-refractivity contribution in [2.75, 3.05) is 0 Å². The van der Waals surface area contributed by atoms with Gasteiger partial charge in [-0.2, -0.15) is 0 Å². The first-order chi connectivity index (χ1) is 5.43. The molecule has 2 N–H and O–H groups in total. The van der Waals surface area contributed by atoms with E-state index < -0.39 is 11.2 Å². The van der Waals surface area contributed by atoms with Crippen molar-refractivity contribution in [3.05, 3.63) is 0 Å². The van der Waals surface area contributed by atoms with Crippen molar-refractivity contribution < 1.29 is 10.2 Å². The van der Waals surface area contributed by atoms with Crippen molar-refractivity contribution in [3.63, 3.8) is 0 Å². The maximum absolute atomic E-state index is 9.99. The molecule has 4 atom stereocenters. The molecule has 2 fully saturated rings. The van der Waals surface area contributed by atoms with Crippen molar-refractivity contribution >= 4 is 0 Å². The molecule has 0 saturated heterocycles. The summed E-state index contributed by atoms with van der Waals surface area (Å²) in [6, 6.07) is 0. The van der Waals surface area contributed by atoms with Gasteiger partial charge >= 0.3 is 0 Å². The maximum atomic E-state index is 9.99. The van der Waals surface area contributed by atoms with E-state index in [1.807, 2.05) is 13.8 Å². The Labute approximate surface area is 73.6 Å². The lowest BCUT2D eigenvalue weighted by molar-refractivity contribution is -0.0116. The Hall–Kier alpha value is -0.0800. The Morgan fingerprint density at radius 1 is 0.917 bits per heavy atom. The summed E-state index contributed by atoms with van der Waals surface area (Å²) >= 11 is 0. The first-order valence-corrected chi connectivity index (χ1v) is 4.88. The summed E-state index contributed by atoms with van der Waals surface area (Å²) in [5.74, 6) is 0.681. The van der Waals surface area contributed by atoms with E-state index >= 15 is 0 Å². The van der Waals surface area contributed by atoms with Crippen LogP contribution < -0.4 is 0 Å². The van der Waals surface area contributed by atoms with E-state index in [2.05, 4.69) is 0 Å². The molecule has 0 aromatic rings. The Bertz CT molecular complexity index is 174. The summed E-state index contributed by atoms with van der Waals surface area (Å²) in [6.07, 6.45) is 3.70. The normalized spacial score (nSPS) is 59.0. The van der Waals surface area contributed by atoms with Crippen molar-refractivity contribution in [1.82, 2.24) is 0 Å². The lowest BCUT2D eigenvalue weighted by Crippen LogP contribution is -2.34. The quantitative estimate of drug-likeness (QED) is 0.575. The van der Waals surface area contributed by atoms with Crippen molar-refractivity contribution in [2.24, 2.45) is 11.8 Å². The van der Waals surface area contributed by atoms with E-state index in [0.29, 0.717) is 11.8 Å². The summed E-state index contributed by atoms with van der Waals surface area (Å²) in [6.45, 7) is 3.83. The van der Waals surface area contributed by atoms with E-state index in [9.17, 15) is 10.2 Å². The molecule has 2 saturated carbocycles. The second kappa shape index (κ2) is 2.24. The van der Waals surface area contributed by atoms with Gasteiger partial charge in [0.05, 0.1) is 11.2 Å². The minimum atomic E-state index is -0.509. The Morgan fingerprint density at radius 3 is 1.58 bits per heavy atom. The second-order valence-corrected chi connectivity index (χ2v) is 5.00. The molecule has 2 rings (SSSR count). The van der Waals surface area contributed by atoms with Crippen LogP contribution in [0.15, 0.2) is 0 Å². The third-order valence-electron chi connectivity index (χ3n) is 4.01. The molecular weight excluding hydrogens is 152 g/mol. The number of fused-ring (bicyclic) bond motifs is 1. The average molecular weight is 170 g/mol. The average Bonchev–Trinajstić information content (AvgIpc) is 2.36. The fourth-order valence-electron chi connectivity index (χ4n) is 3.16. The molecule has 0 aliphatic heterocycles. The molecule has 0 amide bonds. The molecule has 0 aromatic heterocycles. The SMILES string of the molecule is CC1(O)CC[C@H]2[C@@H]1CCC2(C)O. The smallest absolute Gasteiger partial charge is 0.0651 e. The van der Waals surface area contributed by atoms with Gasteiger partial charge in [-0.3, -0.25) is 0 Å². The van der Waals surface area contributed by atoms with Gasteiger partial charge < -0.3 is 10.2 Å². The van der Waals surface area contributed by atoms with Gasteiger partial charge in [-0.1, -0.05) is 0 Å². The van der Waals surface area contributed by atoms with Crippen LogP contribution >= 0.6 is 0 Å². The van der Waals surface area contributed by atoms with E-state index in [4.69, 9.17) is 0 Å². The topological polar surface area (TPSA) is 40.5 Å². The van der Waals surface area contributed by atoms with Gasteiger partial charge in [-0.15, -0.1) is 0 Å². The fraction of sp³-hybridized carbons (Fsp3) is 1.00. The zero-order valence-corrected chi connectivity index (χ0v) is 7.88. The third-order valence-corrected chi connectivity index (χ3v) is 4.01. The highest BCUT2D eigenvalue weighted by molar-refractivity contribution is 5.05. The van der Waals surface area contributed by atoms with Crippen molar-refractivity contribution in [2.45, 2.75) is 50.7 Å². The molecule has 0 heterocycles. The van der Waals surface area contributed by atoms with Crippen LogP contribution in [0.2, 0.25) is 0 Å². The molecule has 0 aromatic carbocycles. The van der Waals surface area contributed by atoms with Gasteiger partial charge in [-0.25, -0.2) is 0 Å². The van der Waals surface area contributed by atoms with Crippen LogP contribution in [0.4, 0.5) is 0 Å². The van der Waals surface area contributed by atoms with Crippen LogP contribution in [-0.4, -0.2) is 21.4 Å². The van der Waals surface area contributed by atoms with Crippen LogP contribution in [0.1, 0.15) is 39.5 Å². The molecule has 2 aliphatic rings. The van der Waals surface area contributed by atoms with Gasteiger partial charge in [0.1, 0.15) is 0 Å². The summed E-state index contributed by atoms with van der Waals surface area (Å²) in [5, 5.41) is 20.0. The summed E-state index contributed by atoms with van der Waals surface area (Å²) in [7, 11) is 0. The van der Waals surface area contributed by atoms with Gasteiger partial charge in [0.15, 0.2) is 0 Å².